The molecule has 0 radical (unpaired) electrons. The molecule has 0 saturated heterocycles. The molecule has 1 aromatic heterocycles. The number of esters is 1. The molecule has 1 unspecified atom stereocenters. The fourth-order valence-electron chi connectivity index (χ4n) is 1.72. The topological polar surface area (TPSA) is 83.0 Å². The SMILES string of the molecule is COC(=O)c1ncn(C(CN)c2cccc(Br)c2)n1. The molecule has 2 rings (SSSR count). The number of nitrogens with zero attached hydrogens (tertiary/aromatic N) is 3. The van der Waals surface area contributed by atoms with E-state index < -0.39 is 5.97 Å². The van der Waals surface area contributed by atoms with E-state index in [0.29, 0.717) is 6.54 Å². The van der Waals surface area contributed by atoms with E-state index in [0.717, 1.165) is 10.0 Å². The van der Waals surface area contributed by atoms with Crippen LogP contribution in [0.1, 0.15) is 22.2 Å². The maximum absolute atomic E-state index is 11.3. The van der Waals surface area contributed by atoms with Crippen LogP contribution in [-0.4, -0.2) is 34.4 Å². The molecule has 0 spiro atoms. The van der Waals surface area contributed by atoms with Crippen LogP contribution in [0.2, 0.25) is 0 Å². The van der Waals surface area contributed by atoms with Crippen molar-refractivity contribution in [2.45, 2.75) is 6.04 Å². The first-order valence-electron chi connectivity index (χ1n) is 5.60. The molecule has 1 aromatic carbocycles. The zero-order chi connectivity index (χ0) is 13.8. The molecule has 0 fully saturated rings. The monoisotopic (exact) mass is 324 g/mol. The highest BCUT2D eigenvalue weighted by Gasteiger charge is 2.17. The smallest absolute Gasteiger partial charge is 0.377 e. The van der Waals surface area contributed by atoms with E-state index in [-0.39, 0.29) is 11.9 Å². The minimum absolute atomic E-state index is 0.0240. The van der Waals surface area contributed by atoms with Crippen LogP contribution in [0.3, 0.4) is 0 Å². The van der Waals surface area contributed by atoms with Crippen molar-refractivity contribution in [2.75, 3.05) is 13.7 Å². The summed E-state index contributed by atoms with van der Waals surface area (Å²) in [7, 11) is 1.29. The van der Waals surface area contributed by atoms with Crippen molar-refractivity contribution in [3.63, 3.8) is 0 Å². The summed E-state index contributed by atoms with van der Waals surface area (Å²) in [6, 6.07) is 7.57. The van der Waals surface area contributed by atoms with Gasteiger partial charge in [-0.25, -0.2) is 14.5 Å². The molecule has 0 bridgehead atoms. The van der Waals surface area contributed by atoms with Gasteiger partial charge in [0.15, 0.2) is 0 Å². The lowest BCUT2D eigenvalue weighted by Gasteiger charge is -2.15. The second kappa shape index (κ2) is 5.94. The molecular weight excluding hydrogens is 312 g/mol. The Balaban J connectivity index is 2.32. The van der Waals surface area contributed by atoms with E-state index in [4.69, 9.17) is 5.73 Å². The van der Waals surface area contributed by atoms with E-state index in [1.807, 2.05) is 24.3 Å². The van der Waals surface area contributed by atoms with Crippen molar-refractivity contribution in [2.24, 2.45) is 5.73 Å². The van der Waals surface area contributed by atoms with Gasteiger partial charge < -0.3 is 10.5 Å². The Labute approximate surface area is 118 Å². The van der Waals surface area contributed by atoms with Crippen molar-refractivity contribution < 1.29 is 9.53 Å². The first kappa shape index (κ1) is 13.7. The summed E-state index contributed by atoms with van der Waals surface area (Å²) in [4.78, 5) is 15.2. The number of methoxy groups -OCH3 is 1. The van der Waals surface area contributed by atoms with E-state index in [1.165, 1.54) is 13.4 Å². The Morgan fingerprint density at radius 1 is 1.58 bits per heavy atom. The molecule has 0 aliphatic rings. The van der Waals surface area contributed by atoms with Gasteiger partial charge in [-0.05, 0) is 17.7 Å². The lowest BCUT2D eigenvalue weighted by Crippen LogP contribution is -2.21. The highest BCUT2D eigenvalue weighted by atomic mass is 79.9. The van der Waals surface area contributed by atoms with Crippen LogP contribution >= 0.6 is 15.9 Å². The third-order valence-corrected chi connectivity index (χ3v) is 3.15. The first-order chi connectivity index (χ1) is 9.15. The van der Waals surface area contributed by atoms with Crippen molar-refractivity contribution in [1.29, 1.82) is 0 Å². The summed E-state index contributed by atoms with van der Waals surface area (Å²) >= 11 is 3.41. The van der Waals surface area contributed by atoms with Gasteiger partial charge in [0.1, 0.15) is 6.33 Å². The zero-order valence-electron chi connectivity index (χ0n) is 10.3. The Morgan fingerprint density at radius 3 is 3.00 bits per heavy atom. The number of carbonyl (C=O) groups is 1. The molecular formula is C12H13BrN4O2. The summed E-state index contributed by atoms with van der Waals surface area (Å²) in [5.41, 5.74) is 6.77. The lowest BCUT2D eigenvalue weighted by atomic mass is 10.1. The van der Waals surface area contributed by atoms with E-state index in [2.05, 4.69) is 30.7 Å². The quantitative estimate of drug-likeness (QED) is 0.859. The number of hydrogen-bond acceptors (Lipinski definition) is 5. The van der Waals surface area contributed by atoms with Crippen molar-refractivity contribution in [1.82, 2.24) is 14.8 Å². The Kier molecular flexibility index (Phi) is 4.28. The predicted octanol–water partition coefficient (Wildman–Crippen LogP) is 1.38. The summed E-state index contributed by atoms with van der Waals surface area (Å²) in [5, 5.41) is 4.09. The Hall–Kier alpha value is -1.73. The van der Waals surface area contributed by atoms with Crippen LogP contribution < -0.4 is 5.73 Å². The van der Waals surface area contributed by atoms with Gasteiger partial charge in [-0.15, -0.1) is 5.10 Å². The van der Waals surface area contributed by atoms with Gasteiger partial charge >= 0.3 is 5.97 Å². The number of nitrogens with two attached hydrogens (primary N) is 1. The highest BCUT2D eigenvalue weighted by Crippen LogP contribution is 2.20. The number of rotatable bonds is 4. The predicted molar refractivity (Wildman–Crippen MR) is 72.7 cm³/mol. The molecule has 19 heavy (non-hydrogen) atoms. The number of halogens is 1. The number of ether oxygens (including phenoxy) is 1. The van der Waals surface area contributed by atoms with Gasteiger partial charge in [-0.1, -0.05) is 28.1 Å². The Bertz CT molecular complexity index is 585. The number of hydrogen-bond donors (Lipinski definition) is 1. The third-order valence-electron chi connectivity index (χ3n) is 2.65. The molecule has 0 saturated carbocycles. The standard InChI is InChI=1S/C12H13BrN4O2/c1-19-12(18)11-15-7-17(16-11)10(6-14)8-3-2-4-9(13)5-8/h2-5,7,10H,6,14H2,1H3. The molecule has 6 nitrogen and oxygen atoms in total. The fourth-order valence-corrected chi connectivity index (χ4v) is 2.14. The average Bonchev–Trinajstić information content (AvgIpc) is 2.88. The number of aromatic nitrogens is 3. The van der Waals surface area contributed by atoms with Crippen LogP contribution in [0.25, 0.3) is 0 Å². The third kappa shape index (κ3) is 2.99. The van der Waals surface area contributed by atoms with Crippen molar-refractivity contribution >= 4 is 21.9 Å². The largest absolute Gasteiger partial charge is 0.463 e. The van der Waals surface area contributed by atoms with Crippen molar-refractivity contribution in [3.8, 4) is 0 Å². The molecule has 1 heterocycles. The maximum Gasteiger partial charge on any atom is 0.377 e. The minimum atomic E-state index is -0.566. The summed E-state index contributed by atoms with van der Waals surface area (Å²) in [6.07, 6.45) is 1.48. The molecule has 0 aliphatic heterocycles. The number of carbonyl (C=O) groups excluding carboxylic acids is 1. The second-order valence-electron chi connectivity index (χ2n) is 3.85. The van der Waals surface area contributed by atoms with Crippen LogP contribution in [0.15, 0.2) is 35.1 Å². The average molecular weight is 325 g/mol. The molecule has 2 aromatic rings. The molecule has 7 heteroatoms. The van der Waals surface area contributed by atoms with Gasteiger partial charge in [0, 0.05) is 11.0 Å². The maximum atomic E-state index is 11.3. The number of benzene rings is 1. The van der Waals surface area contributed by atoms with Crippen LogP contribution in [0, 0.1) is 0 Å². The molecule has 1 atom stereocenters. The van der Waals surface area contributed by atoms with Crippen LogP contribution in [-0.2, 0) is 4.74 Å². The van der Waals surface area contributed by atoms with E-state index in [9.17, 15) is 4.79 Å². The van der Waals surface area contributed by atoms with Gasteiger partial charge in [0.05, 0.1) is 13.2 Å². The molecule has 0 amide bonds. The highest BCUT2D eigenvalue weighted by molar-refractivity contribution is 9.10. The first-order valence-corrected chi connectivity index (χ1v) is 6.40. The molecule has 0 aliphatic carbocycles. The zero-order valence-corrected chi connectivity index (χ0v) is 11.9. The van der Waals surface area contributed by atoms with Gasteiger partial charge in [-0.2, -0.15) is 0 Å². The van der Waals surface area contributed by atoms with E-state index >= 15 is 0 Å². The Morgan fingerprint density at radius 2 is 2.37 bits per heavy atom. The minimum Gasteiger partial charge on any atom is -0.463 e. The van der Waals surface area contributed by atoms with Crippen molar-refractivity contribution in [3.05, 3.63) is 46.5 Å². The van der Waals surface area contributed by atoms with E-state index in [1.54, 1.807) is 4.68 Å². The normalized spacial score (nSPS) is 12.2. The molecule has 100 valence electrons. The van der Waals surface area contributed by atoms with Crippen LogP contribution in [0.5, 0.6) is 0 Å². The molecule has 2 N–H and O–H groups in total. The fraction of sp³-hybridized carbons (Fsp3) is 0.250. The summed E-state index contributed by atoms with van der Waals surface area (Å²) in [6.45, 7) is 0.348. The van der Waals surface area contributed by atoms with Gasteiger partial charge in [0.2, 0.25) is 0 Å². The summed E-state index contributed by atoms with van der Waals surface area (Å²) < 4.78 is 7.09. The van der Waals surface area contributed by atoms with Crippen LogP contribution in [0.4, 0.5) is 0 Å². The second-order valence-corrected chi connectivity index (χ2v) is 4.76. The lowest BCUT2D eigenvalue weighted by molar-refractivity contribution is 0.0586. The summed E-state index contributed by atoms with van der Waals surface area (Å²) in [5.74, 6) is -0.542. The van der Waals surface area contributed by atoms with Gasteiger partial charge in [-0.3, -0.25) is 0 Å². The van der Waals surface area contributed by atoms with Gasteiger partial charge in [0.25, 0.3) is 5.82 Å².